The molecule has 2 heterocycles. The van der Waals surface area contributed by atoms with Gasteiger partial charge in [0.15, 0.2) is 5.82 Å². The zero-order valence-corrected chi connectivity index (χ0v) is 15.4. The van der Waals surface area contributed by atoms with E-state index in [0.717, 1.165) is 16.9 Å². The van der Waals surface area contributed by atoms with Gasteiger partial charge < -0.3 is 14.2 Å². The van der Waals surface area contributed by atoms with Crippen LogP contribution in [0.4, 0.5) is 0 Å². The number of nitrogens with zero attached hydrogens (tertiary/aromatic N) is 3. The number of amides is 1. The van der Waals surface area contributed by atoms with Crippen LogP contribution >= 0.6 is 0 Å². The topological polar surface area (TPSA) is 68.5 Å². The van der Waals surface area contributed by atoms with Crippen molar-refractivity contribution in [1.82, 2.24) is 15.0 Å². The molecule has 1 aromatic heterocycles. The molecule has 1 amide bonds. The molecule has 0 N–H and O–H groups in total. The molecule has 6 heteroatoms. The van der Waals surface area contributed by atoms with Crippen LogP contribution in [0.1, 0.15) is 29.3 Å². The van der Waals surface area contributed by atoms with Crippen LogP contribution in [0.2, 0.25) is 0 Å². The molecule has 0 bridgehead atoms. The fourth-order valence-electron chi connectivity index (χ4n) is 3.26. The first kappa shape index (κ1) is 17.3. The van der Waals surface area contributed by atoms with Gasteiger partial charge in [-0.3, -0.25) is 4.79 Å². The second kappa shape index (κ2) is 7.23. The maximum atomic E-state index is 12.4. The molecule has 1 aliphatic rings. The number of aromatic nitrogens is 2. The van der Waals surface area contributed by atoms with Gasteiger partial charge in [-0.15, -0.1) is 0 Å². The van der Waals surface area contributed by atoms with E-state index in [0.29, 0.717) is 31.2 Å². The van der Waals surface area contributed by atoms with Gasteiger partial charge in [0.05, 0.1) is 7.11 Å². The van der Waals surface area contributed by atoms with E-state index in [4.69, 9.17) is 9.26 Å². The van der Waals surface area contributed by atoms with Crippen LogP contribution in [0.5, 0.6) is 5.75 Å². The molecule has 6 nitrogen and oxygen atoms in total. The maximum absolute atomic E-state index is 12.4. The minimum Gasteiger partial charge on any atom is -0.497 e. The summed E-state index contributed by atoms with van der Waals surface area (Å²) in [4.78, 5) is 18.8. The van der Waals surface area contributed by atoms with Crippen molar-refractivity contribution in [3.8, 4) is 17.2 Å². The summed E-state index contributed by atoms with van der Waals surface area (Å²) in [6, 6.07) is 15.7. The molecular formula is C21H21N3O3. The Bertz CT molecular complexity index is 932. The van der Waals surface area contributed by atoms with Crippen molar-refractivity contribution in [2.24, 2.45) is 0 Å². The predicted molar refractivity (Wildman–Crippen MR) is 100 cm³/mol. The minimum atomic E-state index is -0.0429. The molecule has 2 aromatic carbocycles. The molecule has 1 fully saturated rings. The molecule has 0 spiro atoms. The lowest BCUT2D eigenvalue weighted by atomic mass is 10.1. The molecule has 0 saturated carbocycles. The van der Waals surface area contributed by atoms with E-state index >= 15 is 0 Å². The molecule has 0 aliphatic carbocycles. The second-order valence-electron chi connectivity index (χ2n) is 6.85. The third-order valence-electron chi connectivity index (χ3n) is 4.85. The Hall–Kier alpha value is -3.15. The first-order valence-corrected chi connectivity index (χ1v) is 8.94. The minimum absolute atomic E-state index is 0.0429. The average molecular weight is 363 g/mol. The van der Waals surface area contributed by atoms with Crippen LogP contribution in [-0.4, -0.2) is 34.6 Å². The second-order valence-corrected chi connectivity index (χ2v) is 6.85. The van der Waals surface area contributed by atoms with E-state index in [1.54, 1.807) is 7.11 Å². The quantitative estimate of drug-likeness (QED) is 0.693. The third kappa shape index (κ3) is 3.69. The molecule has 138 valence electrons. The summed E-state index contributed by atoms with van der Waals surface area (Å²) >= 11 is 0. The Balaban J connectivity index is 1.45. The third-order valence-corrected chi connectivity index (χ3v) is 4.85. The van der Waals surface area contributed by atoms with E-state index in [-0.39, 0.29) is 11.8 Å². The lowest BCUT2D eigenvalue weighted by Gasteiger charge is -2.16. The van der Waals surface area contributed by atoms with E-state index in [2.05, 4.69) is 10.1 Å². The lowest BCUT2D eigenvalue weighted by Crippen LogP contribution is -2.24. The Labute approximate surface area is 157 Å². The Kier molecular flexibility index (Phi) is 4.62. The van der Waals surface area contributed by atoms with Gasteiger partial charge >= 0.3 is 0 Å². The molecule has 1 aliphatic heterocycles. The molecule has 27 heavy (non-hydrogen) atoms. The highest BCUT2D eigenvalue weighted by molar-refractivity contribution is 5.79. The summed E-state index contributed by atoms with van der Waals surface area (Å²) < 4.78 is 10.6. The molecular weight excluding hydrogens is 342 g/mol. The van der Waals surface area contributed by atoms with E-state index in [9.17, 15) is 4.79 Å². The number of carbonyl (C=O) groups is 1. The highest BCUT2D eigenvalue weighted by Crippen LogP contribution is 2.29. The number of rotatable bonds is 5. The Morgan fingerprint density at radius 1 is 1.15 bits per heavy atom. The zero-order valence-electron chi connectivity index (χ0n) is 15.4. The van der Waals surface area contributed by atoms with Crippen molar-refractivity contribution in [1.29, 1.82) is 0 Å². The van der Waals surface area contributed by atoms with Crippen LogP contribution in [0, 0.1) is 6.92 Å². The lowest BCUT2D eigenvalue weighted by molar-refractivity contribution is -0.128. The normalized spacial score (nSPS) is 16.7. The first-order valence-electron chi connectivity index (χ1n) is 8.94. The summed E-state index contributed by atoms with van der Waals surface area (Å²) in [6.45, 7) is 3.20. The van der Waals surface area contributed by atoms with Gasteiger partial charge in [0.25, 0.3) is 5.89 Å². The van der Waals surface area contributed by atoms with Gasteiger partial charge in [0, 0.05) is 31.0 Å². The average Bonchev–Trinajstić information content (AvgIpc) is 3.30. The Morgan fingerprint density at radius 3 is 2.59 bits per heavy atom. The molecule has 1 unspecified atom stereocenters. The van der Waals surface area contributed by atoms with Gasteiger partial charge in [0.1, 0.15) is 5.75 Å². The standard InChI is InChI=1S/C21H21N3O3/c1-14-3-7-16(8-4-14)21-22-20(23-27-21)17-11-19(25)24(13-17)12-15-5-9-18(26-2)10-6-15/h3-10,17H,11-13H2,1-2H3. The van der Waals surface area contributed by atoms with E-state index in [1.807, 2.05) is 60.4 Å². The number of hydrogen-bond donors (Lipinski definition) is 0. The summed E-state index contributed by atoms with van der Waals surface area (Å²) in [7, 11) is 1.64. The smallest absolute Gasteiger partial charge is 0.257 e. The summed E-state index contributed by atoms with van der Waals surface area (Å²) in [5.41, 5.74) is 3.13. The zero-order chi connectivity index (χ0) is 18.8. The van der Waals surface area contributed by atoms with Gasteiger partial charge in [-0.1, -0.05) is 35.0 Å². The SMILES string of the molecule is COc1ccc(CN2CC(c3noc(-c4ccc(C)cc4)n3)CC2=O)cc1. The maximum Gasteiger partial charge on any atom is 0.257 e. The number of methoxy groups -OCH3 is 1. The largest absolute Gasteiger partial charge is 0.497 e. The molecule has 4 rings (SSSR count). The fraction of sp³-hybridized carbons (Fsp3) is 0.286. The molecule has 1 saturated heterocycles. The van der Waals surface area contributed by atoms with Crippen LogP contribution in [-0.2, 0) is 11.3 Å². The number of carbonyl (C=O) groups excluding carboxylic acids is 1. The van der Waals surface area contributed by atoms with Gasteiger partial charge in [0.2, 0.25) is 5.91 Å². The summed E-state index contributed by atoms with van der Waals surface area (Å²) in [6.07, 6.45) is 0.406. The van der Waals surface area contributed by atoms with Gasteiger partial charge in [-0.25, -0.2) is 0 Å². The van der Waals surface area contributed by atoms with Gasteiger partial charge in [-0.2, -0.15) is 4.98 Å². The van der Waals surface area contributed by atoms with Crippen LogP contribution in [0.25, 0.3) is 11.5 Å². The van der Waals surface area contributed by atoms with E-state index in [1.165, 1.54) is 5.56 Å². The first-order chi connectivity index (χ1) is 13.1. The predicted octanol–water partition coefficient (Wildman–Crippen LogP) is 3.57. The van der Waals surface area contributed by atoms with Crippen molar-refractivity contribution in [3.63, 3.8) is 0 Å². The number of aryl methyl sites for hydroxylation is 1. The highest BCUT2D eigenvalue weighted by atomic mass is 16.5. The molecule has 1 atom stereocenters. The van der Waals surface area contributed by atoms with Crippen LogP contribution in [0.15, 0.2) is 53.1 Å². The molecule has 3 aromatic rings. The van der Waals surface area contributed by atoms with Crippen molar-refractivity contribution >= 4 is 5.91 Å². The Morgan fingerprint density at radius 2 is 1.89 bits per heavy atom. The van der Waals surface area contributed by atoms with E-state index < -0.39 is 0 Å². The molecule has 0 radical (unpaired) electrons. The fourth-order valence-corrected chi connectivity index (χ4v) is 3.26. The van der Waals surface area contributed by atoms with Crippen molar-refractivity contribution < 1.29 is 14.1 Å². The number of likely N-dealkylation sites (tertiary alicyclic amines) is 1. The monoisotopic (exact) mass is 363 g/mol. The highest BCUT2D eigenvalue weighted by Gasteiger charge is 2.33. The van der Waals surface area contributed by atoms with Crippen LogP contribution < -0.4 is 4.74 Å². The van der Waals surface area contributed by atoms with Gasteiger partial charge in [-0.05, 0) is 36.8 Å². The summed E-state index contributed by atoms with van der Waals surface area (Å²) in [5.74, 6) is 1.96. The van der Waals surface area contributed by atoms with Crippen molar-refractivity contribution in [2.45, 2.75) is 25.8 Å². The summed E-state index contributed by atoms with van der Waals surface area (Å²) in [5, 5.41) is 4.11. The van der Waals surface area contributed by atoms with Crippen molar-refractivity contribution in [3.05, 3.63) is 65.5 Å². The van der Waals surface area contributed by atoms with Crippen molar-refractivity contribution in [2.75, 3.05) is 13.7 Å². The number of benzene rings is 2. The van der Waals surface area contributed by atoms with Crippen LogP contribution in [0.3, 0.4) is 0 Å². The number of hydrogen-bond acceptors (Lipinski definition) is 5. The number of ether oxygens (including phenoxy) is 1.